The third-order valence-corrected chi connectivity index (χ3v) is 3.49. The second-order valence-electron chi connectivity index (χ2n) is 4.36. The normalized spacial score (nSPS) is 15.4. The van der Waals surface area contributed by atoms with Gasteiger partial charge in [-0.25, -0.2) is 0 Å². The van der Waals surface area contributed by atoms with Gasteiger partial charge in [0.1, 0.15) is 0 Å². The van der Waals surface area contributed by atoms with Crippen molar-refractivity contribution in [3.8, 4) is 0 Å². The Kier molecular flexibility index (Phi) is 2.10. The van der Waals surface area contributed by atoms with Crippen molar-refractivity contribution < 1.29 is 4.79 Å². The van der Waals surface area contributed by atoms with E-state index >= 15 is 0 Å². The molecule has 0 bridgehead atoms. The number of rotatable bonds is 1. The first-order valence-electron chi connectivity index (χ1n) is 5.96. The van der Waals surface area contributed by atoms with Crippen molar-refractivity contribution in [2.75, 3.05) is 0 Å². The van der Waals surface area contributed by atoms with Gasteiger partial charge in [0.15, 0.2) is 5.78 Å². The van der Waals surface area contributed by atoms with E-state index in [9.17, 15) is 4.79 Å². The molecule has 1 aliphatic carbocycles. The largest absolute Gasteiger partial charge is 0.344 e. The highest BCUT2D eigenvalue weighted by Gasteiger charge is 2.24. The summed E-state index contributed by atoms with van der Waals surface area (Å²) in [6, 6.07) is 8.25. The molecule has 0 saturated carbocycles. The Balaban J connectivity index is 2.43. The van der Waals surface area contributed by atoms with Gasteiger partial charge in [-0.3, -0.25) is 4.79 Å². The van der Waals surface area contributed by atoms with Gasteiger partial charge in [0, 0.05) is 35.1 Å². The van der Waals surface area contributed by atoms with Gasteiger partial charge in [-0.1, -0.05) is 18.2 Å². The monoisotopic (exact) mass is 213 g/mol. The molecule has 2 aromatic rings. The molecule has 2 nitrogen and oxygen atoms in total. The number of aromatic nitrogens is 1. The van der Waals surface area contributed by atoms with Gasteiger partial charge < -0.3 is 4.57 Å². The van der Waals surface area contributed by atoms with Crippen LogP contribution in [-0.2, 0) is 13.0 Å². The summed E-state index contributed by atoms with van der Waals surface area (Å²) in [4.78, 5) is 12.0. The number of aryl methyl sites for hydroxylation is 1. The zero-order chi connectivity index (χ0) is 11.1. The second-order valence-corrected chi connectivity index (χ2v) is 4.36. The molecular weight excluding hydrogens is 198 g/mol. The van der Waals surface area contributed by atoms with Crippen LogP contribution >= 0.6 is 0 Å². The summed E-state index contributed by atoms with van der Waals surface area (Å²) in [5, 5.41) is 1.14. The standard InChI is InChI=1S/C14H15NO/c1-2-15-11-7-4-3-6-10(11)14-12(15)8-5-9-13(14)16/h3-4,6-7H,2,5,8-9H2,1H3. The fraction of sp³-hybridized carbons (Fsp3) is 0.357. The molecule has 2 heteroatoms. The highest BCUT2D eigenvalue weighted by molar-refractivity contribution is 6.10. The highest BCUT2D eigenvalue weighted by atomic mass is 16.1. The molecule has 1 heterocycles. The molecule has 3 rings (SSSR count). The fourth-order valence-electron chi connectivity index (χ4n) is 2.83. The SMILES string of the molecule is CCn1c2c(c3ccccc31)C(=O)CCC2. The van der Waals surface area contributed by atoms with E-state index in [2.05, 4.69) is 23.6 Å². The Morgan fingerprint density at radius 3 is 2.88 bits per heavy atom. The van der Waals surface area contributed by atoms with Gasteiger partial charge in [-0.05, 0) is 25.8 Å². The van der Waals surface area contributed by atoms with Gasteiger partial charge in [-0.15, -0.1) is 0 Å². The van der Waals surface area contributed by atoms with Gasteiger partial charge >= 0.3 is 0 Å². The van der Waals surface area contributed by atoms with Crippen LogP contribution in [0.15, 0.2) is 24.3 Å². The van der Waals surface area contributed by atoms with Gasteiger partial charge in [0.2, 0.25) is 0 Å². The maximum absolute atomic E-state index is 12.0. The Morgan fingerprint density at radius 1 is 1.25 bits per heavy atom. The van der Waals surface area contributed by atoms with Crippen molar-refractivity contribution in [2.45, 2.75) is 32.7 Å². The first kappa shape index (κ1) is 9.64. The number of carbonyl (C=O) groups is 1. The number of benzene rings is 1. The van der Waals surface area contributed by atoms with E-state index in [0.29, 0.717) is 12.2 Å². The molecule has 16 heavy (non-hydrogen) atoms. The Labute approximate surface area is 94.9 Å². The summed E-state index contributed by atoms with van der Waals surface area (Å²) in [7, 11) is 0. The number of para-hydroxylation sites is 1. The Hall–Kier alpha value is -1.57. The Bertz CT molecular complexity index is 565. The number of hydrogen-bond donors (Lipinski definition) is 0. The van der Waals surface area contributed by atoms with Crippen molar-refractivity contribution in [1.82, 2.24) is 4.57 Å². The van der Waals surface area contributed by atoms with Gasteiger partial charge in [-0.2, -0.15) is 0 Å². The van der Waals surface area contributed by atoms with E-state index in [4.69, 9.17) is 0 Å². The average molecular weight is 213 g/mol. The zero-order valence-corrected chi connectivity index (χ0v) is 9.49. The molecule has 0 spiro atoms. The van der Waals surface area contributed by atoms with Crippen LogP contribution in [0.2, 0.25) is 0 Å². The summed E-state index contributed by atoms with van der Waals surface area (Å²) in [5.41, 5.74) is 3.45. The predicted octanol–water partition coefficient (Wildman–Crippen LogP) is 3.18. The van der Waals surface area contributed by atoms with E-state index < -0.39 is 0 Å². The van der Waals surface area contributed by atoms with E-state index in [0.717, 1.165) is 30.3 Å². The summed E-state index contributed by atoms with van der Waals surface area (Å²) in [6.07, 6.45) is 2.76. The molecule has 0 unspecified atom stereocenters. The van der Waals surface area contributed by atoms with Crippen LogP contribution in [0, 0.1) is 0 Å². The predicted molar refractivity (Wildman–Crippen MR) is 64.9 cm³/mol. The zero-order valence-electron chi connectivity index (χ0n) is 9.49. The molecule has 0 amide bonds. The molecule has 0 aliphatic heterocycles. The lowest BCUT2D eigenvalue weighted by atomic mass is 9.94. The lowest BCUT2D eigenvalue weighted by molar-refractivity contribution is 0.0973. The van der Waals surface area contributed by atoms with E-state index in [1.54, 1.807) is 0 Å². The van der Waals surface area contributed by atoms with Crippen LogP contribution in [0.4, 0.5) is 0 Å². The van der Waals surface area contributed by atoms with Crippen LogP contribution in [0.1, 0.15) is 35.8 Å². The molecule has 0 saturated heterocycles. The first-order chi connectivity index (χ1) is 7.83. The van der Waals surface area contributed by atoms with Crippen molar-refractivity contribution in [2.24, 2.45) is 0 Å². The van der Waals surface area contributed by atoms with Crippen molar-refractivity contribution >= 4 is 16.7 Å². The van der Waals surface area contributed by atoms with Crippen LogP contribution in [0.25, 0.3) is 10.9 Å². The molecule has 0 atom stereocenters. The summed E-state index contributed by atoms with van der Waals surface area (Å²) < 4.78 is 2.29. The molecule has 1 aliphatic rings. The second kappa shape index (κ2) is 3.48. The van der Waals surface area contributed by atoms with Crippen LogP contribution in [0.5, 0.6) is 0 Å². The summed E-state index contributed by atoms with van der Waals surface area (Å²) >= 11 is 0. The molecule has 0 N–H and O–H groups in total. The van der Waals surface area contributed by atoms with Gasteiger partial charge in [0.05, 0.1) is 0 Å². The quantitative estimate of drug-likeness (QED) is 0.713. The third kappa shape index (κ3) is 1.16. The minimum Gasteiger partial charge on any atom is -0.344 e. The fourth-order valence-corrected chi connectivity index (χ4v) is 2.83. The van der Waals surface area contributed by atoms with E-state index in [-0.39, 0.29) is 0 Å². The van der Waals surface area contributed by atoms with E-state index in [1.807, 2.05) is 12.1 Å². The number of nitrogens with zero attached hydrogens (tertiary/aromatic N) is 1. The van der Waals surface area contributed by atoms with Crippen molar-refractivity contribution in [1.29, 1.82) is 0 Å². The first-order valence-corrected chi connectivity index (χ1v) is 5.96. The third-order valence-electron chi connectivity index (χ3n) is 3.49. The minimum absolute atomic E-state index is 0.324. The maximum Gasteiger partial charge on any atom is 0.165 e. The number of fused-ring (bicyclic) bond motifs is 3. The Morgan fingerprint density at radius 2 is 2.06 bits per heavy atom. The van der Waals surface area contributed by atoms with Crippen molar-refractivity contribution in [3.63, 3.8) is 0 Å². The molecule has 0 fully saturated rings. The molecule has 1 aromatic carbocycles. The number of Topliss-reactive ketones (excluding diaryl/α,β-unsaturated/α-hetero) is 1. The molecule has 0 radical (unpaired) electrons. The smallest absolute Gasteiger partial charge is 0.165 e. The summed E-state index contributed by atoms with van der Waals surface area (Å²) in [5.74, 6) is 0.324. The lowest BCUT2D eigenvalue weighted by Gasteiger charge is -2.13. The number of hydrogen-bond acceptors (Lipinski definition) is 1. The topological polar surface area (TPSA) is 22.0 Å². The van der Waals surface area contributed by atoms with Crippen LogP contribution in [-0.4, -0.2) is 10.4 Å². The molecular formula is C14H15NO. The molecule has 1 aromatic heterocycles. The minimum atomic E-state index is 0.324. The van der Waals surface area contributed by atoms with Gasteiger partial charge in [0.25, 0.3) is 0 Å². The average Bonchev–Trinajstić information content (AvgIpc) is 2.64. The van der Waals surface area contributed by atoms with Crippen LogP contribution in [0.3, 0.4) is 0 Å². The van der Waals surface area contributed by atoms with E-state index in [1.165, 1.54) is 11.2 Å². The lowest BCUT2D eigenvalue weighted by Crippen LogP contribution is -2.12. The van der Waals surface area contributed by atoms with Crippen molar-refractivity contribution in [3.05, 3.63) is 35.5 Å². The van der Waals surface area contributed by atoms with Crippen LogP contribution < -0.4 is 0 Å². The highest BCUT2D eigenvalue weighted by Crippen LogP contribution is 2.31. The number of ketones is 1. The molecule has 82 valence electrons. The maximum atomic E-state index is 12.0. The number of carbonyl (C=O) groups excluding carboxylic acids is 1. The summed E-state index contributed by atoms with van der Waals surface area (Å²) in [6.45, 7) is 3.09.